The number of carbonyl (C=O) groups is 1. The number of aromatic carboxylic acids is 1. The molecule has 2 aromatic rings. The lowest BCUT2D eigenvalue weighted by Gasteiger charge is -2.02. The number of benzene rings is 1. The van der Waals surface area contributed by atoms with E-state index in [1.54, 1.807) is 6.92 Å². The summed E-state index contributed by atoms with van der Waals surface area (Å²) in [6, 6.07) is 5.87. The summed E-state index contributed by atoms with van der Waals surface area (Å²) in [7, 11) is 0. The SMILES string of the molecule is Cc1cc(Br)ccc1-c1nc(C(=O)O)c(C)s1. The first-order valence-electron chi connectivity index (χ1n) is 4.96. The number of rotatable bonds is 2. The highest BCUT2D eigenvalue weighted by Crippen LogP contribution is 2.31. The van der Waals surface area contributed by atoms with Gasteiger partial charge >= 0.3 is 5.97 Å². The maximum Gasteiger partial charge on any atom is 0.355 e. The molecule has 0 aliphatic carbocycles. The molecular weight excluding hydrogens is 302 g/mol. The second-order valence-electron chi connectivity index (χ2n) is 3.69. The molecule has 1 aromatic carbocycles. The molecule has 0 fully saturated rings. The van der Waals surface area contributed by atoms with E-state index in [1.165, 1.54) is 11.3 Å². The maximum atomic E-state index is 10.9. The minimum Gasteiger partial charge on any atom is -0.476 e. The van der Waals surface area contributed by atoms with E-state index in [2.05, 4.69) is 20.9 Å². The van der Waals surface area contributed by atoms with Crippen LogP contribution >= 0.6 is 27.3 Å². The summed E-state index contributed by atoms with van der Waals surface area (Å²) in [4.78, 5) is 15.8. The lowest BCUT2D eigenvalue weighted by atomic mass is 10.1. The minimum absolute atomic E-state index is 0.146. The van der Waals surface area contributed by atoms with E-state index in [0.717, 1.165) is 25.5 Å². The number of hydrogen-bond acceptors (Lipinski definition) is 3. The fourth-order valence-corrected chi connectivity index (χ4v) is 3.05. The van der Waals surface area contributed by atoms with Gasteiger partial charge in [-0.3, -0.25) is 0 Å². The van der Waals surface area contributed by atoms with Gasteiger partial charge in [0.2, 0.25) is 0 Å². The smallest absolute Gasteiger partial charge is 0.355 e. The number of aryl methyl sites for hydroxylation is 2. The quantitative estimate of drug-likeness (QED) is 0.915. The van der Waals surface area contributed by atoms with Gasteiger partial charge in [-0.05, 0) is 31.5 Å². The topological polar surface area (TPSA) is 50.2 Å². The van der Waals surface area contributed by atoms with Crippen LogP contribution in [0, 0.1) is 13.8 Å². The molecule has 88 valence electrons. The molecular formula is C12H10BrNO2S. The molecule has 0 atom stereocenters. The van der Waals surface area contributed by atoms with Crippen LogP contribution in [0.1, 0.15) is 20.9 Å². The van der Waals surface area contributed by atoms with Crippen molar-refractivity contribution in [2.24, 2.45) is 0 Å². The fourth-order valence-electron chi connectivity index (χ4n) is 1.58. The van der Waals surface area contributed by atoms with Gasteiger partial charge in [0.05, 0.1) is 0 Å². The van der Waals surface area contributed by atoms with Gasteiger partial charge in [0.15, 0.2) is 5.69 Å². The second-order valence-corrected chi connectivity index (χ2v) is 5.81. The molecule has 0 amide bonds. The van der Waals surface area contributed by atoms with E-state index in [-0.39, 0.29) is 5.69 Å². The van der Waals surface area contributed by atoms with E-state index in [9.17, 15) is 4.79 Å². The van der Waals surface area contributed by atoms with Gasteiger partial charge in [0.25, 0.3) is 0 Å². The Morgan fingerprint density at radius 2 is 2.12 bits per heavy atom. The van der Waals surface area contributed by atoms with Crippen molar-refractivity contribution in [2.45, 2.75) is 13.8 Å². The zero-order valence-electron chi connectivity index (χ0n) is 9.32. The van der Waals surface area contributed by atoms with Crippen LogP contribution in [-0.2, 0) is 0 Å². The summed E-state index contributed by atoms with van der Waals surface area (Å²) in [5.74, 6) is -0.972. The first-order chi connectivity index (χ1) is 7.99. The summed E-state index contributed by atoms with van der Waals surface area (Å²) in [5.41, 5.74) is 2.20. The van der Waals surface area contributed by atoms with Gasteiger partial charge < -0.3 is 5.11 Å². The predicted molar refractivity (Wildman–Crippen MR) is 71.7 cm³/mol. The molecule has 1 aromatic heterocycles. The molecule has 1 N–H and O–H groups in total. The molecule has 17 heavy (non-hydrogen) atoms. The normalized spacial score (nSPS) is 10.5. The number of halogens is 1. The highest BCUT2D eigenvalue weighted by atomic mass is 79.9. The monoisotopic (exact) mass is 311 g/mol. The third kappa shape index (κ3) is 2.40. The Balaban J connectivity index is 2.53. The average Bonchev–Trinajstić information content (AvgIpc) is 2.60. The standard InChI is InChI=1S/C12H10BrNO2S/c1-6-5-8(13)3-4-9(6)11-14-10(12(15)16)7(2)17-11/h3-5H,1-2H3,(H,15,16). The molecule has 0 saturated carbocycles. The van der Waals surface area contributed by atoms with Crippen molar-refractivity contribution in [1.82, 2.24) is 4.98 Å². The minimum atomic E-state index is -0.972. The number of carboxylic acids is 1. The Hall–Kier alpha value is -1.20. The van der Waals surface area contributed by atoms with Gasteiger partial charge in [-0.15, -0.1) is 11.3 Å². The van der Waals surface area contributed by atoms with Gasteiger partial charge in [-0.2, -0.15) is 0 Å². The molecule has 0 aliphatic rings. The average molecular weight is 312 g/mol. The van der Waals surface area contributed by atoms with Crippen molar-refractivity contribution in [2.75, 3.05) is 0 Å². The van der Waals surface area contributed by atoms with Gasteiger partial charge in [0.1, 0.15) is 5.01 Å². The van der Waals surface area contributed by atoms with Gasteiger partial charge in [-0.1, -0.05) is 22.0 Å². The van der Waals surface area contributed by atoms with Crippen molar-refractivity contribution in [3.8, 4) is 10.6 Å². The van der Waals surface area contributed by atoms with Crippen LogP contribution in [0.15, 0.2) is 22.7 Å². The maximum absolute atomic E-state index is 10.9. The Labute approximate surface area is 111 Å². The molecule has 5 heteroatoms. The van der Waals surface area contributed by atoms with Crippen LogP contribution in [-0.4, -0.2) is 16.1 Å². The lowest BCUT2D eigenvalue weighted by Crippen LogP contribution is -1.98. The van der Waals surface area contributed by atoms with E-state index in [0.29, 0.717) is 0 Å². The zero-order valence-corrected chi connectivity index (χ0v) is 11.7. The molecule has 0 radical (unpaired) electrons. The number of thiazole rings is 1. The summed E-state index contributed by atoms with van der Waals surface area (Å²) in [6.07, 6.45) is 0. The largest absolute Gasteiger partial charge is 0.476 e. The van der Waals surface area contributed by atoms with Gasteiger partial charge in [-0.25, -0.2) is 9.78 Å². The van der Waals surface area contributed by atoms with Crippen LogP contribution in [0.25, 0.3) is 10.6 Å². The van der Waals surface area contributed by atoms with E-state index < -0.39 is 5.97 Å². The van der Waals surface area contributed by atoms with Crippen LogP contribution in [0.5, 0.6) is 0 Å². The van der Waals surface area contributed by atoms with Crippen LogP contribution < -0.4 is 0 Å². The van der Waals surface area contributed by atoms with Crippen molar-refractivity contribution >= 4 is 33.2 Å². The second kappa shape index (κ2) is 4.58. The summed E-state index contributed by atoms with van der Waals surface area (Å²) >= 11 is 4.81. The van der Waals surface area contributed by atoms with E-state index in [4.69, 9.17) is 5.11 Å². The molecule has 1 heterocycles. The van der Waals surface area contributed by atoms with Crippen molar-refractivity contribution in [3.63, 3.8) is 0 Å². The highest BCUT2D eigenvalue weighted by molar-refractivity contribution is 9.10. The Bertz CT molecular complexity index is 592. The third-order valence-electron chi connectivity index (χ3n) is 2.42. The number of hydrogen-bond donors (Lipinski definition) is 1. The van der Waals surface area contributed by atoms with Crippen molar-refractivity contribution < 1.29 is 9.90 Å². The molecule has 0 spiro atoms. The molecule has 0 unspecified atom stereocenters. The summed E-state index contributed by atoms with van der Waals surface area (Å²) in [6.45, 7) is 3.76. The molecule has 0 aliphatic heterocycles. The van der Waals surface area contributed by atoms with E-state index in [1.807, 2.05) is 25.1 Å². The Morgan fingerprint density at radius 3 is 2.65 bits per heavy atom. The molecule has 3 nitrogen and oxygen atoms in total. The molecule has 0 bridgehead atoms. The van der Waals surface area contributed by atoms with Crippen LogP contribution in [0.3, 0.4) is 0 Å². The fraction of sp³-hybridized carbons (Fsp3) is 0.167. The Morgan fingerprint density at radius 1 is 1.41 bits per heavy atom. The van der Waals surface area contributed by atoms with Crippen LogP contribution in [0.2, 0.25) is 0 Å². The first kappa shape index (κ1) is 12.3. The zero-order chi connectivity index (χ0) is 12.6. The highest BCUT2D eigenvalue weighted by Gasteiger charge is 2.16. The lowest BCUT2D eigenvalue weighted by molar-refractivity contribution is 0.0690. The van der Waals surface area contributed by atoms with Crippen molar-refractivity contribution in [3.05, 3.63) is 38.8 Å². The first-order valence-corrected chi connectivity index (χ1v) is 6.57. The van der Waals surface area contributed by atoms with Crippen molar-refractivity contribution in [1.29, 1.82) is 0 Å². The Kier molecular flexibility index (Phi) is 3.31. The number of aromatic nitrogens is 1. The van der Waals surface area contributed by atoms with Crippen LogP contribution in [0.4, 0.5) is 0 Å². The summed E-state index contributed by atoms with van der Waals surface area (Å²) < 4.78 is 1.01. The molecule has 2 rings (SSSR count). The summed E-state index contributed by atoms with van der Waals surface area (Å²) in [5, 5.41) is 9.73. The molecule has 0 saturated heterocycles. The number of carboxylic acid groups (broad SMARTS) is 1. The number of nitrogens with zero attached hydrogens (tertiary/aromatic N) is 1. The third-order valence-corrected chi connectivity index (χ3v) is 3.92. The van der Waals surface area contributed by atoms with E-state index >= 15 is 0 Å². The van der Waals surface area contributed by atoms with Gasteiger partial charge in [0, 0.05) is 14.9 Å². The predicted octanol–water partition coefficient (Wildman–Crippen LogP) is 3.89.